The summed E-state index contributed by atoms with van der Waals surface area (Å²) in [6.45, 7) is 2.85. The van der Waals surface area contributed by atoms with Crippen LogP contribution in [-0.4, -0.2) is 12.5 Å². The smallest absolute Gasteiger partial charge is 0.253 e. The van der Waals surface area contributed by atoms with Crippen LogP contribution in [0.25, 0.3) is 21.8 Å². The largest absolute Gasteiger partial charge is 0.352 e. The molecule has 0 unspecified atom stereocenters. The monoisotopic (exact) mass is 293 g/mol. The number of pyridine rings is 1. The third kappa shape index (κ3) is 2.43. The number of hydrogen-bond acceptors (Lipinski definition) is 1. The molecule has 2 aromatic carbocycles. The van der Waals surface area contributed by atoms with Crippen LogP contribution in [0.4, 0.5) is 0 Å². The second kappa shape index (κ2) is 6.14. The number of para-hydroxylation sites is 2. The quantitative estimate of drug-likeness (QED) is 0.447. The van der Waals surface area contributed by atoms with E-state index in [0.717, 1.165) is 46.8 Å². The minimum atomic E-state index is 0.0152. The van der Waals surface area contributed by atoms with Crippen molar-refractivity contribution in [3.05, 3.63) is 54.1 Å². The summed E-state index contributed by atoms with van der Waals surface area (Å²) < 4.78 is 2.15. The summed E-state index contributed by atoms with van der Waals surface area (Å²) in [6, 6.07) is 16.2. The number of fused-ring (bicyclic) bond motifs is 2. The average Bonchev–Trinajstić information content (AvgIpc) is 2.55. The molecule has 1 N–H and O–H groups in total. The van der Waals surface area contributed by atoms with Crippen LogP contribution in [0.2, 0.25) is 0 Å². The fraction of sp³-hybridized carbons (Fsp3) is 0.263. The number of hydrogen-bond donors (Lipinski definition) is 1. The summed E-state index contributed by atoms with van der Waals surface area (Å²) in [4.78, 5) is 12.7. The molecular weight excluding hydrogens is 272 g/mol. The van der Waals surface area contributed by atoms with Crippen molar-refractivity contribution in [2.45, 2.75) is 19.8 Å². The molecule has 3 nitrogen and oxygen atoms in total. The van der Waals surface area contributed by atoms with E-state index in [-0.39, 0.29) is 5.91 Å². The molecule has 0 saturated heterocycles. The fourth-order valence-corrected chi connectivity index (χ4v) is 2.94. The molecular formula is C19H21N2O+. The summed E-state index contributed by atoms with van der Waals surface area (Å²) in [5.74, 6) is 0.0152. The van der Waals surface area contributed by atoms with Gasteiger partial charge in [0.25, 0.3) is 5.91 Å². The number of rotatable bonds is 4. The molecule has 0 aliphatic heterocycles. The van der Waals surface area contributed by atoms with Gasteiger partial charge in [-0.25, -0.2) is 0 Å². The van der Waals surface area contributed by atoms with E-state index in [1.165, 1.54) is 0 Å². The first kappa shape index (κ1) is 14.5. The molecule has 0 atom stereocenters. The normalized spacial score (nSPS) is 11.0. The highest BCUT2D eigenvalue weighted by Crippen LogP contribution is 2.24. The SMILES string of the molecule is CCCCNC(=O)c1c2ccccc2[n+](C)c2ccccc12. The highest BCUT2D eigenvalue weighted by atomic mass is 16.1. The molecule has 0 aliphatic carbocycles. The van der Waals surface area contributed by atoms with E-state index in [9.17, 15) is 4.79 Å². The number of carbonyl (C=O) groups is 1. The highest BCUT2D eigenvalue weighted by Gasteiger charge is 2.21. The molecule has 0 bridgehead atoms. The lowest BCUT2D eigenvalue weighted by Crippen LogP contribution is -2.33. The Bertz CT molecular complexity index is 782. The van der Waals surface area contributed by atoms with Crippen LogP contribution in [-0.2, 0) is 7.05 Å². The maximum absolute atomic E-state index is 12.7. The summed E-state index contributed by atoms with van der Waals surface area (Å²) in [6.07, 6.45) is 2.08. The molecule has 3 heteroatoms. The number of nitrogens with one attached hydrogen (secondary N) is 1. The van der Waals surface area contributed by atoms with E-state index in [2.05, 4.69) is 28.9 Å². The lowest BCUT2D eigenvalue weighted by Gasteiger charge is -2.10. The summed E-state index contributed by atoms with van der Waals surface area (Å²) in [5.41, 5.74) is 2.92. The van der Waals surface area contributed by atoms with Crippen LogP contribution in [0.15, 0.2) is 48.5 Å². The lowest BCUT2D eigenvalue weighted by atomic mass is 10.0. The molecule has 0 saturated carbocycles. The lowest BCUT2D eigenvalue weighted by molar-refractivity contribution is -0.617. The Morgan fingerprint density at radius 3 is 2.09 bits per heavy atom. The van der Waals surface area contributed by atoms with E-state index < -0.39 is 0 Å². The number of nitrogens with zero attached hydrogens (tertiary/aromatic N) is 1. The van der Waals surface area contributed by atoms with Crippen molar-refractivity contribution in [1.82, 2.24) is 5.32 Å². The Labute approximate surface area is 130 Å². The first-order valence-electron chi connectivity index (χ1n) is 7.81. The van der Waals surface area contributed by atoms with Crippen molar-refractivity contribution in [3.8, 4) is 0 Å². The maximum atomic E-state index is 12.7. The molecule has 1 aromatic heterocycles. The van der Waals surface area contributed by atoms with Crippen LogP contribution in [0.5, 0.6) is 0 Å². The van der Waals surface area contributed by atoms with E-state index in [0.29, 0.717) is 0 Å². The predicted octanol–water partition coefficient (Wildman–Crippen LogP) is 3.35. The minimum Gasteiger partial charge on any atom is -0.352 e. The molecule has 1 amide bonds. The van der Waals surface area contributed by atoms with Crippen molar-refractivity contribution in [2.24, 2.45) is 7.05 Å². The van der Waals surface area contributed by atoms with Gasteiger partial charge in [-0.15, -0.1) is 0 Å². The molecule has 0 spiro atoms. The second-order valence-corrected chi connectivity index (χ2v) is 5.58. The molecule has 3 aromatic rings. The number of amides is 1. The van der Waals surface area contributed by atoms with Gasteiger partial charge in [0.1, 0.15) is 7.05 Å². The van der Waals surface area contributed by atoms with Crippen molar-refractivity contribution in [1.29, 1.82) is 0 Å². The van der Waals surface area contributed by atoms with Crippen molar-refractivity contribution >= 4 is 27.7 Å². The standard InChI is InChI=1S/C19H20N2O/c1-3-4-13-20-19(22)18-14-9-5-7-11-16(14)21(2)17-12-8-6-10-15(17)18/h5-12H,3-4,13H2,1-2H3/p+1. The Morgan fingerprint density at radius 1 is 1.00 bits per heavy atom. The molecule has 3 rings (SSSR count). The zero-order chi connectivity index (χ0) is 15.5. The molecule has 0 aliphatic rings. The Morgan fingerprint density at radius 2 is 1.55 bits per heavy atom. The fourth-order valence-electron chi connectivity index (χ4n) is 2.94. The summed E-state index contributed by atoms with van der Waals surface area (Å²) in [7, 11) is 2.05. The second-order valence-electron chi connectivity index (χ2n) is 5.58. The number of aromatic nitrogens is 1. The van der Waals surface area contributed by atoms with Gasteiger partial charge in [-0.3, -0.25) is 4.79 Å². The van der Waals surface area contributed by atoms with Gasteiger partial charge in [-0.1, -0.05) is 37.6 Å². The Balaban J connectivity index is 2.25. The minimum absolute atomic E-state index is 0.0152. The average molecular weight is 293 g/mol. The van der Waals surface area contributed by atoms with E-state index in [1.807, 2.05) is 43.4 Å². The first-order chi connectivity index (χ1) is 10.7. The third-order valence-electron chi connectivity index (χ3n) is 4.11. The molecule has 0 fully saturated rings. The van der Waals surface area contributed by atoms with Crippen LogP contribution in [0.3, 0.4) is 0 Å². The van der Waals surface area contributed by atoms with Gasteiger partial charge < -0.3 is 5.32 Å². The highest BCUT2D eigenvalue weighted by molar-refractivity contribution is 6.14. The van der Waals surface area contributed by atoms with Crippen LogP contribution < -0.4 is 9.88 Å². The van der Waals surface area contributed by atoms with E-state index in [4.69, 9.17) is 0 Å². The van der Waals surface area contributed by atoms with Crippen LogP contribution in [0.1, 0.15) is 30.1 Å². The Hall–Kier alpha value is -2.42. The van der Waals surface area contributed by atoms with E-state index in [1.54, 1.807) is 0 Å². The van der Waals surface area contributed by atoms with Gasteiger partial charge in [0.2, 0.25) is 11.0 Å². The van der Waals surface area contributed by atoms with Gasteiger partial charge in [-0.2, -0.15) is 4.57 Å². The molecule has 1 heterocycles. The van der Waals surface area contributed by atoms with Gasteiger partial charge in [0, 0.05) is 18.7 Å². The number of aryl methyl sites for hydroxylation is 1. The molecule has 0 radical (unpaired) electrons. The van der Waals surface area contributed by atoms with Crippen LogP contribution >= 0.6 is 0 Å². The summed E-state index contributed by atoms with van der Waals surface area (Å²) >= 11 is 0. The van der Waals surface area contributed by atoms with Crippen molar-refractivity contribution in [3.63, 3.8) is 0 Å². The van der Waals surface area contributed by atoms with Gasteiger partial charge in [-0.05, 0) is 18.6 Å². The van der Waals surface area contributed by atoms with Crippen LogP contribution in [0, 0.1) is 0 Å². The predicted molar refractivity (Wildman–Crippen MR) is 89.9 cm³/mol. The zero-order valence-corrected chi connectivity index (χ0v) is 13.1. The summed E-state index contributed by atoms with van der Waals surface area (Å²) in [5, 5.41) is 5.05. The van der Waals surface area contributed by atoms with E-state index >= 15 is 0 Å². The molecule has 112 valence electrons. The number of unbranched alkanes of at least 4 members (excludes halogenated alkanes) is 1. The van der Waals surface area contributed by atoms with Gasteiger partial charge in [0.05, 0.1) is 16.3 Å². The zero-order valence-electron chi connectivity index (χ0n) is 13.1. The first-order valence-corrected chi connectivity index (χ1v) is 7.81. The van der Waals surface area contributed by atoms with Crippen molar-refractivity contribution < 1.29 is 9.36 Å². The number of carbonyl (C=O) groups excluding carboxylic acids is 1. The maximum Gasteiger partial charge on any atom is 0.253 e. The third-order valence-corrected chi connectivity index (χ3v) is 4.11. The Kier molecular flexibility index (Phi) is 4.05. The molecule has 22 heavy (non-hydrogen) atoms. The van der Waals surface area contributed by atoms with Gasteiger partial charge >= 0.3 is 0 Å². The number of benzene rings is 2. The van der Waals surface area contributed by atoms with Gasteiger partial charge in [0.15, 0.2) is 0 Å². The topological polar surface area (TPSA) is 33.0 Å². The van der Waals surface area contributed by atoms with Crippen molar-refractivity contribution in [2.75, 3.05) is 6.54 Å².